The number of nitrogens with zero attached hydrogens (tertiary/aromatic N) is 1. The molecule has 18 heavy (non-hydrogen) atoms. The summed E-state index contributed by atoms with van der Waals surface area (Å²) >= 11 is 0. The Kier molecular flexibility index (Phi) is 3.63. The minimum Gasteiger partial charge on any atom is -0.378 e. The van der Waals surface area contributed by atoms with Gasteiger partial charge in [0, 0.05) is 31.0 Å². The highest BCUT2D eigenvalue weighted by Crippen LogP contribution is 2.14. The molecule has 91 valence electrons. The van der Waals surface area contributed by atoms with E-state index in [0.717, 1.165) is 11.4 Å². The molecule has 0 aromatic heterocycles. The first-order valence-corrected chi connectivity index (χ1v) is 5.71. The average molecular weight is 239 g/mol. The number of carbonyl (C=O) groups excluding carboxylic acids is 1. The Hall–Kier alpha value is -2.29. The lowest BCUT2D eigenvalue weighted by molar-refractivity contribution is 0.102. The van der Waals surface area contributed by atoms with Crippen LogP contribution in [0.25, 0.3) is 0 Å². The number of anilines is 2. The maximum absolute atomic E-state index is 12.0. The van der Waals surface area contributed by atoms with Crippen molar-refractivity contribution in [3.8, 4) is 0 Å². The second kappa shape index (κ2) is 5.36. The van der Waals surface area contributed by atoms with Gasteiger partial charge in [0.2, 0.25) is 0 Å². The molecule has 1 amide bonds. The molecule has 0 aliphatic carbocycles. The van der Waals surface area contributed by atoms with Crippen molar-refractivity contribution in [1.29, 1.82) is 0 Å². The van der Waals surface area contributed by atoms with Gasteiger partial charge in [0.1, 0.15) is 0 Å². The summed E-state index contributed by atoms with van der Waals surface area (Å²) in [6, 6.07) is 17.6. The van der Waals surface area contributed by atoms with E-state index >= 15 is 0 Å². The van der Waals surface area contributed by atoms with E-state index in [1.165, 1.54) is 0 Å². The van der Waals surface area contributed by atoms with E-state index in [4.69, 9.17) is 0 Å². The molecule has 2 aromatic rings. The van der Waals surface area contributed by atoms with E-state index in [1.807, 2.05) is 55.4 Å². The molecule has 0 aliphatic heterocycles. The van der Waals surface area contributed by atoms with Crippen molar-refractivity contribution in [3.05, 3.63) is 60.2 Å². The van der Waals surface area contributed by atoms with Crippen LogP contribution < -0.4 is 10.2 Å². The molecular weight excluding hydrogens is 224 g/mol. The zero-order chi connectivity index (χ0) is 13.0. The molecule has 3 heteroatoms. The number of amides is 1. The van der Waals surface area contributed by atoms with Gasteiger partial charge in [-0.15, -0.1) is 0 Å². The molecule has 0 unspecified atom stereocenters. The van der Waals surface area contributed by atoms with Crippen molar-refractivity contribution < 1.29 is 4.79 Å². The summed E-state index contributed by atoms with van der Waals surface area (Å²) in [5.74, 6) is -0.111. The van der Waals surface area contributed by atoms with Crippen molar-refractivity contribution in [2.45, 2.75) is 0 Å². The van der Waals surface area contributed by atoms with Crippen LogP contribution in [0.2, 0.25) is 0 Å². The zero-order valence-corrected chi connectivity index (χ0v) is 10.5. The third kappa shape index (κ3) is 2.88. The summed E-state index contributed by atoms with van der Waals surface area (Å²) in [7, 11) is 3.93. The van der Waals surface area contributed by atoms with Crippen molar-refractivity contribution in [2.24, 2.45) is 0 Å². The maximum Gasteiger partial charge on any atom is 0.255 e. The highest BCUT2D eigenvalue weighted by Gasteiger charge is 2.05. The lowest BCUT2D eigenvalue weighted by atomic mass is 10.2. The lowest BCUT2D eigenvalue weighted by Gasteiger charge is -2.12. The summed E-state index contributed by atoms with van der Waals surface area (Å²) in [5, 5.41) is 2.82. The van der Waals surface area contributed by atoms with Gasteiger partial charge >= 0.3 is 0 Å². The van der Waals surface area contributed by atoms with Crippen molar-refractivity contribution in [3.63, 3.8) is 0 Å². The fraction of sp³-hybridized carbons (Fsp3) is 0.133. The summed E-state index contributed by atoms with van der Waals surface area (Å²) in [6.07, 6.45) is 0. The third-order valence-corrected chi connectivity index (χ3v) is 2.61. The minimum atomic E-state index is -0.111. The smallest absolute Gasteiger partial charge is 0.255 e. The van der Waals surface area contributed by atoms with Gasteiger partial charge in [0.25, 0.3) is 5.91 Å². The normalized spacial score (nSPS) is 9.89. The predicted molar refractivity (Wildman–Crippen MR) is 74.0 cm³/mol. The maximum atomic E-state index is 12.0. The van der Waals surface area contributed by atoms with E-state index in [2.05, 4.69) is 11.4 Å². The van der Waals surface area contributed by atoms with Crippen LogP contribution in [0, 0.1) is 6.07 Å². The molecule has 0 saturated carbocycles. The molecular formula is C15H15N2O. The molecule has 2 rings (SSSR count). The van der Waals surface area contributed by atoms with E-state index in [0.29, 0.717) is 5.56 Å². The summed E-state index contributed by atoms with van der Waals surface area (Å²) in [5.41, 5.74) is 2.46. The molecule has 0 fully saturated rings. The van der Waals surface area contributed by atoms with Crippen LogP contribution in [0.5, 0.6) is 0 Å². The zero-order valence-electron chi connectivity index (χ0n) is 10.5. The summed E-state index contributed by atoms with van der Waals surface area (Å²) < 4.78 is 0. The largest absolute Gasteiger partial charge is 0.378 e. The predicted octanol–water partition coefficient (Wildman–Crippen LogP) is 2.81. The third-order valence-electron chi connectivity index (χ3n) is 2.61. The van der Waals surface area contributed by atoms with Crippen molar-refractivity contribution in [2.75, 3.05) is 24.3 Å². The summed E-state index contributed by atoms with van der Waals surface area (Å²) in [4.78, 5) is 14.0. The van der Waals surface area contributed by atoms with Gasteiger partial charge in [-0.3, -0.25) is 4.79 Å². The average Bonchev–Trinajstić information content (AvgIpc) is 2.40. The first-order valence-electron chi connectivity index (χ1n) is 5.71. The second-order valence-electron chi connectivity index (χ2n) is 4.19. The Morgan fingerprint density at radius 3 is 2.44 bits per heavy atom. The number of hydrogen-bond acceptors (Lipinski definition) is 2. The number of carbonyl (C=O) groups is 1. The second-order valence-corrected chi connectivity index (χ2v) is 4.19. The molecule has 0 atom stereocenters. The van der Waals surface area contributed by atoms with Gasteiger partial charge in [0.05, 0.1) is 0 Å². The van der Waals surface area contributed by atoms with E-state index in [1.54, 1.807) is 12.1 Å². The van der Waals surface area contributed by atoms with Gasteiger partial charge in [0.15, 0.2) is 0 Å². The Bertz CT molecular complexity index is 518. The molecule has 1 N–H and O–H groups in total. The Morgan fingerprint density at radius 1 is 1.17 bits per heavy atom. The lowest BCUT2D eigenvalue weighted by Crippen LogP contribution is -2.13. The number of benzene rings is 2. The summed E-state index contributed by atoms with van der Waals surface area (Å²) in [6.45, 7) is 0. The Balaban J connectivity index is 2.10. The topological polar surface area (TPSA) is 32.3 Å². The van der Waals surface area contributed by atoms with Gasteiger partial charge in [-0.05, 0) is 42.5 Å². The van der Waals surface area contributed by atoms with Crippen molar-refractivity contribution >= 4 is 17.3 Å². The van der Waals surface area contributed by atoms with Gasteiger partial charge in [-0.2, -0.15) is 0 Å². The molecule has 1 radical (unpaired) electrons. The SMILES string of the molecule is CN(C)c1ccc(C(=O)Nc2c[c]ccc2)cc1. The van der Waals surface area contributed by atoms with E-state index in [9.17, 15) is 4.79 Å². The molecule has 0 heterocycles. The monoisotopic (exact) mass is 239 g/mol. The number of hydrogen-bond donors (Lipinski definition) is 1. The number of nitrogens with one attached hydrogen (secondary N) is 1. The van der Waals surface area contributed by atoms with Gasteiger partial charge in [-0.1, -0.05) is 12.1 Å². The van der Waals surface area contributed by atoms with Crippen molar-refractivity contribution in [1.82, 2.24) is 0 Å². The first kappa shape index (κ1) is 12.2. The van der Waals surface area contributed by atoms with Crippen LogP contribution >= 0.6 is 0 Å². The quantitative estimate of drug-likeness (QED) is 0.893. The fourth-order valence-electron chi connectivity index (χ4n) is 1.59. The van der Waals surface area contributed by atoms with Gasteiger partial charge < -0.3 is 10.2 Å². The molecule has 0 aliphatic rings. The first-order chi connectivity index (χ1) is 8.66. The molecule has 2 aromatic carbocycles. The van der Waals surface area contributed by atoms with E-state index < -0.39 is 0 Å². The highest BCUT2D eigenvalue weighted by atomic mass is 16.1. The van der Waals surface area contributed by atoms with Crippen LogP contribution in [-0.2, 0) is 0 Å². The van der Waals surface area contributed by atoms with Crippen LogP contribution in [0.15, 0.2) is 48.5 Å². The van der Waals surface area contributed by atoms with Gasteiger partial charge in [-0.25, -0.2) is 0 Å². The highest BCUT2D eigenvalue weighted by molar-refractivity contribution is 6.04. The van der Waals surface area contributed by atoms with Crippen LogP contribution in [0.4, 0.5) is 11.4 Å². The van der Waals surface area contributed by atoms with Crippen LogP contribution in [0.3, 0.4) is 0 Å². The van der Waals surface area contributed by atoms with E-state index in [-0.39, 0.29) is 5.91 Å². The fourth-order valence-corrected chi connectivity index (χ4v) is 1.59. The minimum absolute atomic E-state index is 0.111. The Labute approximate surface area is 107 Å². The molecule has 0 saturated heterocycles. The molecule has 0 spiro atoms. The van der Waals surface area contributed by atoms with Crippen LogP contribution in [0.1, 0.15) is 10.4 Å². The van der Waals surface area contributed by atoms with Crippen LogP contribution in [-0.4, -0.2) is 20.0 Å². The number of rotatable bonds is 3. The Morgan fingerprint density at radius 2 is 1.89 bits per heavy atom. The molecule has 0 bridgehead atoms. The molecule has 3 nitrogen and oxygen atoms in total. The standard InChI is InChI=1S/C15H15N2O/c1-17(2)14-10-8-12(9-11-14)15(18)16-13-6-4-3-5-7-13/h3-4,6-11H,1-2H3,(H,16,18).